The van der Waals surface area contributed by atoms with Gasteiger partial charge in [-0.15, -0.1) is 0 Å². The molecule has 2 heteroatoms. The third-order valence-electron chi connectivity index (χ3n) is 2.17. The molecule has 1 aromatic carbocycles. The van der Waals surface area contributed by atoms with E-state index < -0.39 is 0 Å². The van der Waals surface area contributed by atoms with Crippen LogP contribution in [0.3, 0.4) is 0 Å². The molecule has 0 heterocycles. The molecule has 0 spiro atoms. The summed E-state index contributed by atoms with van der Waals surface area (Å²) in [5.74, 6) is 0. The first-order valence-electron chi connectivity index (χ1n) is 5.66. The minimum absolute atomic E-state index is 0.903. The van der Waals surface area contributed by atoms with Crippen LogP contribution in [0.5, 0.6) is 0 Å². The van der Waals surface area contributed by atoms with E-state index in [1.165, 1.54) is 5.56 Å². The standard InChI is InChI=1S/C14H20N2/c1-15-11-12-16-13-14-9-7-5-3-2-4-6-8-10-14/h2-10,15-16H,11-13H2,1H3. The Morgan fingerprint density at radius 1 is 0.812 bits per heavy atom. The van der Waals surface area contributed by atoms with Crippen molar-refractivity contribution in [2.75, 3.05) is 20.1 Å². The highest BCUT2D eigenvalue weighted by atomic mass is 14.9. The van der Waals surface area contributed by atoms with Gasteiger partial charge in [0.05, 0.1) is 0 Å². The van der Waals surface area contributed by atoms with Gasteiger partial charge < -0.3 is 10.6 Å². The van der Waals surface area contributed by atoms with Crippen molar-refractivity contribution in [1.29, 1.82) is 0 Å². The van der Waals surface area contributed by atoms with Gasteiger partial charge in [-0.1, -0.05) is 54.6 Å². The molecule has 0 aromatic heterocycles. The zero-order valence-electron chi connectivity index (χ0n) is 9.82. The lowest BCUT2D eigenvalue weighted by Gasteiger charge is -2.02. The van der Waals surface area contributed by atoms with Gasteiger partial charge in [-0.2, -0.15) is 0 Å². The van der Waals surface area contributed by atoms with E-state index in [9.17, 15) is 0 Å². The second kappa shape index (κ2) is 8.89. The first-order chi connectivity index (χ1) is 7.93. The zero-order chi connectivity index (χ0) is 11.5. The summed E-state index contributed by atoms with van der Waals surface area (Å²) in [5, 5.41) is 6.49. The molecule has 2 N–H and O–H groups in total. The largest absolute Gasteiger partial charge is 0.318 e. The Labute approximate surface area is 98.0 Å². The smallest absolute Gasteiger partial charge is 0.0206 e. The van der Waals surface area contributed by atoms with Crippen molar-refractivity contribution in [2.45, 2.75) is 6.54 Å². The van der Waals surface area contributed by atoms with Crippen LogP contribution in [-0.2, 0) is 6.54 Å². The fraction of sp³-hybridized carbons (Fsp3) is 0.286. The third-order valence-corrected chi connectivity index (χ3v) is 2.17. The van der Waals surface area contributed by atoms with Crippen LogP contribution in [0.2, 0.25) is 0 Å². The Hall–Kier alpha value is -1.38. The van der Waals surface area contributed by atoms with Crippen molar-refractivity contribution >= 4 is 0 Å². The molecule has 0 saturated heterocycles. The zero-order valence-corrected chi connectivity index (χ0v) is 9.82. The monoisotopic (exact) mass is 216 g/mol. The first kappa shape index (κ1) is 12.7. The van der Waals surface area contributed by atoms with E-state index >= 15 is 0 Å². The van der Waals surface area contributed by atoms with Crippen LogP contribution in [-0.4, -0.2) is 20.1 Å². The number of hydrogen-bond donors (Lipinski definition) is 2. The van der Waals surface area contributed by atoms with Crippen LogP contribution in [0.1, 0.15) is 5.56 Å². The number of nitrogens with one attached hydrogen (secondary N) is 2. The van der Waals surface area contributed by atoms with Crippen molar-refractivity contribution in [2.24, 2.45) is 0 Å². The normalized spacial score (nSPS) is 9.56. The van der Waals surface area contributed by atoms with Crippen molar-refractivity contribution < 1.29 is 0 Å². The van der Waals surface area contributed by atoms with Gasteiger partial charge in [0.2, 0.25) is 0 Å². The Kier molecular flexibility index (Phi) is 7.05. The van der Waals surface area contributed by atoms with Gasteiger partial charge in [-0.25, -0.2) is 0 Å². The third kappa shape index (κ3) is 6.17. The fourth-order valence-electron chi connectivity index (χ4n) is 1.30. The summed E-state index contributed by atoms with van der Waals surface area (Å²) >= 11 is 0. The van der Waals surface area contributed by atoms with E-state index in [0.717, 1.165) is 19.6 Å². The lowest BCUT2D eigenvalue weighted by atomic mass is 10.2. The van der Waals surface area contributed by atoms with Crippen LogP contribution >= 0.6 is 0 Å². The van der Waals surface area contributed by atoms with Crippen molar-refractivity contribution in [3.8, 4) is 0 Å². The quantitative estimate of drug-likeness (QED) is 0.737. The van der Waals surface area contributed by atoms with Crippen molar-refractivity contribution in [3.63, 3.8) is 0 Å². The molecular weight excluding hydrogens is 196 g/mol. The van der Waals surface area contributed by atoms with E-state index in [2.05, 4.69) is 34.9 Å². The first-order valence-corrected chi connectivity index (χ1v) is 5.66. The van der Waals surface area contributed by atoms with Crippen LogP contribution in [0.15, 0.2) is 54.6 Å². The highest BCUT2D eigenvalue weighted by molar-refractivity contribution is 5.11. The molecule has 0 aliphatic heterocycles. The molecule has 0 amide bonds. The lowest BCUT2D eigenvalue weighted by Crippen LogP contribution is -2.24. The van der Waals surface area contributed by atoms with Gasteiger partial charge in [0.1, 0.15) is 0 Å². The summed E-state index contributed by atoms with van der Waals surface area (Å²) in [6.45, 7) is 2.89. The molecule has 0 radical (unpaired) electrons. The summed E-state index contributed by atoms with van der Waals surface area (Å²) < 4.78 is 0. The molecular formula is C14H20N2. The Bertz CT molecular complexity index is 310. The van der Waals surface area contributed by atoms with Gasteiger partial charge in [-0.3, -0.25) is 0 Å². The predicted molar refractivity (Wildman–Crippen MR) is 69.7 cm³/mol. The summed E-state index contributed by atoms with van der Waals surface area (Å²) in [6.07, 6.45) is 0. The molecule has 1 rings (SSSR count). The number of rotatable bonds is 5. The van der Waals surface area contributed by atoms with Crippen LogP contribution in [0.4, 0.5) is 0 Å². The molecule has 16 heavy (non-hydrogen) atoms. The SMILES string of the molecule is CNCCNCc1ccccccccc1. The average Bonchev–Trinajstić information content (AvgIpc) is 2.32. The molecule has 0 aliphatic carbocycles. The molecule has 0 aliphatic rings. The average molecular weight is 216 g/mol. The topological polar surface area (TPSA) is 24.1 Å². The van der Waals surface area contributed by atoms with Gasteiger partial charge in [-0.05, 0) is 12.6 Å². The maximum absolute atomic E-state index is 3.38. The molecule has 0 bridgehead atoms. The Balaban J connectivity index is 2.58. The van der Waals surface area contributed by atoms with Gasteiger partial charge in [0.15, 0.2) is 0 Å². The van der Waals surface area contributed by atoms with Gasteiger partial charge >= 0.3 is 0 Å². The van der Waals surface area contributed by atoms with Crippen LogP contribution < -0.4 is 10.6 Å². The Morgan fingerprint density at radius 3 is 1.94 bits per heavy atom. The molecule has 0 unspecified atom stereocenters. The highest BCUT2D eigenvalue weighted by Crippen LogP contribution is 1.94. The minimum Gasteiger partial charge on any atom is -0.318 e. The minimum atomic E-state index is 0.903. The lowest BCUT2D eigenvalue weighted by molar-refractivity contribution is 0.651. The van der Waals surface area contributed by atoms with E-state index in [1.54, 1.807) is 0 Å². The predicted octanol–water partition coefficient (Wildman–Crippen LogP) is 2.12. The number of likely N-dealkylation sites (N-methyl/N-ethyl adjacent to an activating group) is 1. The molecule has 0 fully saturated rings. The Morgan fingerprint density at radius 2 is 1.38 bits per heavy atom. The van der Waals surface area contributed by atoms with E-state index in [0.29, 0.717) is 0 Å². The summed E-state index contributed by atoms with van der Waals surface area (Å²) in [6, 6.07) is 18.5. The maximum atomic E-state index is 3.38. The number of hydrogen-bond acceptors (Lipinski definition) is 2. The van der Waals surface area contributed by atoms with E-state index in [1.807, 2.05) is 37.4 Å². The van der Waals surface area contributed by atoms with E-state index in [4.69, 9.17) is 0 Å². The molecule has 2 nitrogen and oxygen atoms in total. The second-order valence-electron chi connectivity index (χ2n) is 3.54. The molecule has 0 atom stereocenters. The summed E-state index contributed by atoms with van der Waals surface area (Å²) in [4.78, 5) is 0. The van der Waals surface area contributed by atoms with Crippen LogP contribution in [0, 0.1) is 0 Å². The van der Waals surface area contributed by atoms with Crippen LogP contribution in [0.25, 0.3) is 0 Å². The van der Waals surface area contributed by atoms with Crippen molar-refractivity contribution in [1.82, 2.24) is 10.6 Å². The van der Waals surface area contributed by atoms with Gasteiger partial charge in [0, 0.05) is 19.6 Å². The van der Waals surface area contributed by atoms with Gasteiger partial charge in [0.25, 0.3) is 0 Å². The summed E-state index contributed by atoms with van der Waals surface area (Å²) in [7, 11) is 1.96. The highest BCUT2D eigenvalue weighted by Gasteiger charge is 1.87. The molecule has 86 valence electrons. The summed E-state index contributed by atoms with van der Waals surface area (Å²) in [5.41, 5.74) is 1.28. The van der Waals surface area contributed by atoms with Crippen molar-refractivity contribution in [3.05, 3.63) is 60.2 Å². The maximum Gasteiger partial charge on any atom is 0.0206 e. The molecule has 0 saturated carbocycles. The molecule has 1 aromatic rings. The van der Waals surface area contributed by atoms with E-state index in [-0.39, 0.29) is 0 Å². The second-order valence-corrected chi connectivity index (χ2v) is 3.54. The fourth-order valence-corrected chi connectivity index (χ4v) is 1.30.